The second-order valence-corrected chi connectivity index (χ2v) is 8.00. The molecule has 0 atom stereocenters. The van der Waals surface area contributed by atoms with Gasteiger partial charge in [-0.3, -0.25) is 4.79 Å². The van der Waals surface area contributed by atoms with Crippen molar-refractivity contribution in [3.63, 3.8) is 0 Å². The van der Waals surface area contributed by atoms with Crippen molar-refractivity contribution in [3.05, 3.63) is 35.9 Å². The van der Waals surface area contributed by atoms with Crippen LogP contribution in [0, 0.1) is 5.92 Å². The Kier molecular flexibility index (Phi) is 5.34. The number of nitrogens with zero attached hydrogens (tertiary/aromatic N) is 2. The molecule has 6 heteroatoms. The summed E-state index contributed by atoms with van der Waals surface area (Å²) in [6.07, 6.45) is 3.78. The van der Waals surface area contributed by atoms with Crippen LogP contribution in [0.25, 0.3) is 0 Å². The van der Waals surface area contributed by atoms with Crippen LogP contribution < -0.4 is 5.32 Å². The Morgan fingerprint density at radius 1 is 1.00 bits per heavy atom. The summed E-state index contributed by atoms with van der Waals surface area (Å²) < 4.78 is 5.32. The SMILES string of the molecule is O=C(NCC1(c2ccccc2)CC1)N1CCC(C(=O)N2CCOCC2)CC1. The zero-order valence-electron chi connectivity index (χ0n) is 15.9. The van der Waals surface area contributed by atoms with Gasteiger partial charge in [0.1, 0.15) is 0 Å². The molecule has 2 aliphatic heterocycles. The Bertz CT molecular complexity index is 661. The highest BCUT2D eigenvalue weighted by Gasteiger charge is 2.44. The maximum Gasteiger partial charge on any atom is 0.317 e. The van der Waals surface area contributed by atoms with Crippen molar-refractivity contribution < 1.29 is 14.3 Å². The Morgan fingerprint density at radius 2 is 1.67 bits per heavy atom. The van der Waals surface area contributed by atoms with Crippen LogP contribution in [0.5, 0.6) is 0 Å². The van der Waals surface area contributed by atoms with E-state index in [2.05, 4.69) is 29.6 Å². The first-order chi connectivity index (χ1) is 13.2. The van der Waals surface area contributed by atoms with E-state index in [1.165, 1.54) is 5.56 Å². The summed E-state index contributed by atoms with van der Waals surface area (Å²) in [6, 6.07) is 10.5. The second kappa shape index (κ2) is 7.89. The van der Waals surface area contributed by atoms with Gasteiger partial charge in [0.25, 0.3) is 0 Å². The fourth-order valence-electron chi connectivity index (χ4n) is 4.24. The highest BCUT2D eigenvalue weighted by Crippen LogP contribution is 2.47. The van der Waals surface area contributed by atoms with E-state index in [9.17, 15) is 9.59 Å². The van der Waals surface area contributed by atoms with E-state index in [1.54, 1.807) is 0 Å². The summed E-state index contributed by atoms with van der Waals surface area (Å²) in [5.74, 6) is 0.283. The molecule has 2 heterocycles. The number of carbonyl (C=O) groups excluding carboxylic acids is 2. The Morgan fingerprint density at radius 3 is 2.30 bits per heavy atom. The Hall–Kier alpha value is -2.08. The van der Waals surface area contributed by atoms with Crippen molar-refractivity contribution in [2.45, 2.75) is 31.1 Å². The fourth-order valence-corrected chi connectivity index (χ4v) is 4.24. The van der Waals surface area contributed by atoms with Crippen molar-refractivity contribution in [1.29, 1.82) is 0 Å². The van der Waals surface area contributed by atoms with Gasteiger partial charge in [0, 0.05) is 44.1 Å². The largest absolute Gasteiger partial charge is 0.378 e. The zero-order valence-corrected chi connectivity index (χ0v) is 15.9. The lowest BCUT2D eigenvalue weighted by molar-refractivity contribution is -0.141. The van der Waals surface area contributed by atoms with E-state index in [0.717, 1.165) is 25.7 Å². The molecule has 2 saturated heterocycles. The van der Waals surface area contributed by atoms with Gasteiger partial charge >= 0.3 is 6.03 Å². The predicted molar refractivity (Wildman–Crippen MR) is 102 cm³/mol. The minimum absolute atomic E-state index is 0.00878. The number of carbonyl (C=O) groups is 2. The highest BCUT2D eigenvalue weighted by molar-refractivity contribution is 5.80. The van der Waals surface area contributed by atoms with E-state index in [4.69, 9.17) is 4.74 Å². The summed E-state index contributed by atoms with van der Waals surface area (Å²) in [4.78, 5) is 29.0. The van der Waals surface area contributed by atoms with Crippen molar-refractivity contribution in [3.8, 4) is 0 Å². The van der Waals surface area contributed by atoms with Gasteiger partial charge in [-0.05, 0) is 31.2 Å². The number of hydrogen-bond donors (Lipinski definition) is 1. The van der Waals surface area contributed by atoms with Gasteiger partial charge in [0.2, 0.25) is 5.91 Å². The summed E-state index contributed by atoms with van der Waals surface area (Å²) >= 11 is 0. The number of amides is 3. The average molecular weight is 371 g/mol. The Balaban J connectivity index is 1.24. The molecule has 146 valence electrons. The minimum atomic E-state index is 0.00878. The molecule has 1 saturated carbocycles. The molecule has 0 bridgehead atoms. The van der Waals surface area contributed by atoms with Crippen LogP contribution in [0.1, 0.15) is 31.2 Å². The molecule has 1 aromatic carbocycles. The highest BCUT2D eigenvalue weighted by atomic mass is 16.5. The van der Waals surface area contributed by atoms with Gasteiger partial charge in [-0.1, -0.05) is 30.3 Å². The first-order valence-corrected chi connectivity index (χ1v) is 10.1. The van der Waals surface area contributed by atoms with Gasteiger partial charge in [-0.15, -0.1) is 0 Å². The number of rotatable bonds is 4. The zero-order chi connectivity index (χ0) is 18.7. The number of nitrogens with one attached hydrogen (secondary N) is 1. The van der Waals surface area contributed by atoms with Gasteiger partial charge in [0.05, 0.1) is 13.2 Å². The summed E-state index contributed by atoms with van der Waals surface area (Å²) in [7, 11) is 0. The maximum absolute atomic E-state index is 12.6. The van der Waals surface area contributed by atoms with Crippen molar-refractivity contribution in [2.24, 2.45) is 5.92 Å². The summed E-state index contributed by atoms with van der Waals surface area (Å²) in [5.41, 5.74) is 1.45. The van der Waals surface area contributed by atoms with Gasteiger partial charge < -0.3 is 19.9 Å². The maximum atomic E-state index is 12.6. The van der Waals surface area contributed by atoms with Crippen molar-refractivity contribution in [1.82, 2.24) is 15.1 Å². The van der Waals surface area contributed by atoms with Gasteiger partial charge in [0.15, 0.2) is 0 Å². The van der Waals surface area contributed by atoms with E-state index >= 15 is 0 Å². The van der Waals surface area contributed by atoms with E-state index in [0.29, 0.717) is 45.9 Å². The van der Waals surface area contributed by atoms with Crippen LogP contribution in [0.4, 0.5) is 4.79 Å². The summed E-state index contributed by atoms with van der Waals surface area (Å²) in [6.45, 7) is 4.67. The number of hydrogen-bond acceptors (Lipinski definition) is 3. The number of likely N-dealkylation sites (tertiary alicyclic amines) is 1. The van der Waals surface area contributed by atoms with Crippen LogP contribution in [-0.4, -0.2) is 67.7 Å². The average Bonchev–Trinajstić information content (AvgIpc) is 3.54. The first-order valence-electron chi connectivity index (χ1n) is 10.1. The summed E-state index contributed by atoms with van der Waals surface area (Å²) in [5, 5.41) is 3.14. The van der Waals surface area contributed by atoms with Crippen LogP contribution in [0.15, 0.2) is 30.3 Å². The number of piperidine rings is 1. The van der Waals surface area contributed by atoms with Crippen LogP contribution in [0.3, 0.4) is 0 Å². The number of ether oxygens (including phenoxy) is 1. The van der Waals surface area contributed by atoms with E-state index in [1.807, 2.05) is 15.9 Å². The molecule has 4 rings (SSSR count). The third-order valence-corrected chi connectivity index (χ3v) is 6.27. The molecule has 3 amide bonds. The Labute approximate surface area is 160 Å². The topological polar surface area (TPSA) is 61.9 Å². The molecule has 3 fully saturated rings. The second-order valence-electron chi connectivity index (χ2n) is 8.00. The smallest absolute Gasteiger partial charge is 0.317 e. The minimum Gasteiger partial charge on any atom is -0.378 e. The lowest BCUT2D eigenvalue weighted by Crippen LogP contribution is -2.50. The molecular formula is C21H29N3O3. The van der Waals surface area contributed by atoms with E-state index in [-0.39, 0.29) is 23.3 Å². The molecule has 1 N–H and O–H groups in total. The molecule has 3 aliphatic rings. The van der Waals surface area contributed by atoms with Gasteiger partial charge in [-0.25, -0.2) is 4.79 Å². The number of urea groups is 1. The predicted octanol–water partition coefficient (Wildman–Crippen LogP) is 2.00. The van der Waals surface area contributed by atoms with Gasteiger partial charge in [-0.2, -0.15) is 0 Å². The number of benzene rings is 1. The molecule has 6 nitrogen and oxygen atoms in total. The van der Waals surface area contributed by atoms with Crippen molar-refractivity contribution >= 4 is 11.9 Å². The third-order valence-electron chi connectivity index (χ3n) is 6.27. The number of morpholine rings is 1. The van der Waals surface area contributed by atoms with Crippen molar-refractivity contribution in [2.75, 3.05) is 45.9 Å². The first kappa shape index (κ1) is 18.3. The lowest BCUT2D eigenvalue weighted by atomic mass is 9.95. The molecule has 1 aromatic rings. The quantitative estimate of drug-likeness (QED) is 0.881. The monoisotopic (exact) mass is 371 g/mol. The van der Waals surface area contributed by atoms with Crippen LogP contribution in [0.2, 0.25) is 0 Å². The molecule has 27 heavy (non-hydrogen) atoms. The van der Waals surface area contributed by atoms with Crippen LogP contribution >= 0.6 is 0 Å². The molecule has 0 radical (unpaired) electrons. The normalized spacial score (nSPS) is 22.4. The standard InChI is InChI=1S/C21H29N3O3/c25-19(23-12-14-27-15-13-23)17-6-10-24(11-7-17)20(26)22-16-21(8-9-21)18-4-2-1-3-5-18/h1-5,17H,6-16H2,(H,22,26). The molecule has 0 aromatic heterocycles. The molecule has 0 spiro atoms. The van der Waals surface area contributed by atoms with Crippen LogP contribution in [-0.2, 0) is 14.9 Å². The van der Waals surface area contributed by atoms with E-state index < -0.39 is 0 Å². The molecule has 1 aliphatic carbocycles. The fraction of sp³-hybridized carbons (Fsp3) is 0.619. The lowest BCUT2D eigenvalue weighted by Gasteiger charge is -2.35. The third kappa shape index (κ3) is 4.10. The molecule has 0 unspecified atom stereocenters. The molecular weight excluding hydrogens is 342 g/mol.